The highest BCUT2D eigenvalue weighted by Crippen LogP contribution is 2.22. The fraction of sp³-hybridized carbons (Fsp3) is 0.667. The number of aromatic nitrogens is 4. The third-order valence-corrected chi connectivity index (χ3v) is 5.64. The van der Waals surface area contributed by atoms with Crippen LogP contribution in [0.25, 0.3) is 11.2 Å². The summed E-state index contributed by atoms with van der Waals surface area (Å²) in [5, 5.41) is 0.549. The van der Waals surface area contributed by atoms with Gasteiger partial charge in [-0.05, 0) is 6.42 Å². The molecule has 0 fully saturated rings. The molecule has 0 saturated carbocycles. The van der Waals surface area contributed by atoms with Crippen molar-refractivity contribution in [3.8, 4) is 0 Å². The molecule has 150 valence electrons. The van der Waals surface area contributed by atoms with Crippen molar-refractivity contribution < 1.29 is 4.79 Å². The fourth-order valence-corrected chi connectivity index (χ4v) is 3.87. The Hall–Kier alpha value is -2.03. The maximum atomic E-state index is 12.7. The third kappa shape index (κ3) is 5.03. The number of nitrogens with two attached hydrogens (primary N) is 1. The van der Waals surface area contributed by atoms with Crippen molar-refractivity contribution >= 4 is 28.8 Å². The number of hydrogen-bond acceptors (Lipinski definition) is 5. The maximum absolute atomic E-state index is 12.7. The predicted octanol–water partition coefficient (Wildman–Crippen LogP) is 1.76. The summed E-state index contributed by atoms with van der Waals surface area (Å²) in [5.74, 6) is -0.370. The van der Waals surface area contributed by atoms with E-state index in [0.717, 1.165) is 23.8 Å². The van der Waals surface area contributed by atoms with E-state index >= 15 is 0 Å². The van der Waals surface area contributed by atoms with Gasteiger partial charge in [-0.25, -0.2) is 9.78 Å². The molecule has 0 spiro atoms. The van der Waals surface area contributed by atoms with Crippen molar-refractivity contribution in [2.45, 2.75) is 63.6 Å². The van der Waals surface area contributed by atoms with E-state index in [9.17, 15) is 14.4 Å². The number of carbonyl (C=O) groups excluding carboxylic acids is 1. The van der Waals surface area contributed by atoms with Crippen LogP contribution in [0, 0.1) is 0 Å². The molecule has 0 saturated heterocycles. The number of aryl methyl sites for hydroxylation is 2. The Bertz CT molecular complexity index is 912. The summed E-state index contributed by atoms with van der Waals surface area (Å²) in [6, 6.07) is 0. The Morgan fingerprint density at radius 2 is 1.67 bits per heavy atom. The van der Waals surface area contributed by atoms with Crippen molar-refractivity contribution in [1.82, 2.24) is 18.7 Å². The van der Waals surface area contributed by atoms with Crippen LogP contribution in [0.15, 0.2) is 14.7 Å². The number of carbonyl (C=O) groups is 1. The average molecular weight is 396 g/mol. The number of amides is 1. The molecule has 1 amide bonds. The van der Waals surface area contributed by atoms with E-state index in [1.165, 1.54) is 49.1 Å². The smallest absolute Gasteiger partial charge is 0.332 e. The number of fused-ring (bicyclic) bond motifs is 1. The van der Waals surface area contributed by atoms with Crippen LogP contribution in [0.5, 0.6) is 0 Å². The van der Waals surface area contributed by atoms with Crippen molar-refractivity contribution in [3.05, 3.63) is 20.8 Å². The van der Waals surface area contributed by atoms with Gasteiger partial charge in [0.05, 0.1) is 5.75 Å². The molecule has 0 aliphatic carbocycles. The topological polar surface area (TPSA) is 105 Å². The largest absolute Gasteiger partial charge is 0.369 e. The van der Waals surface area contributed by atoms with Crippen LogP contribution in [0.1, 0.15) is 51.9 Å². The van der Waals surface area contributed by atoms with Crippen molar-refractivity contribution in [2.75, 3.05) is 5.75 Å². The molecule has 27 heavy (non-hydrogen) atoms. The van der Waals surface area contributed by atoms with E-state index in [4.69, 9.17) is 5.73 Å². The minimum absolute atomic E-state index is 0.0780. The molecule has 9 heteroatoms. The van der Waals surface area contributed by atoms with Gasteiger partial charge in [0.1, 0.15) is 0 Å². The molecule has 0 unspecified atom stereocenters. The Morgan fingerprint density at radius 3 is 2.30 bits per heavy atom. The van der Waals surface area contributed by atoms with E-state index in [1.807, 2.05) is 4.57 Å². The zero-order valence-corrected chi connectivity index (χ0v) is 17.2. The summed E-state index contributed by atoms with van der Waals surface area (Å²) >= 11 is 1.20. The van der Waals surface area contributed by atoms with E-state index in [1.54, 1.807) is 7.05 Å². The van der Waals surface area contributed by atoms with E-state index < -0.39 is 11.6 Å². The number of hydrogen-bond donors (Lipinski definition) is 1. The first-order chi connectivity index (χ1) is 12.9. The zero-order valence-electron chi connectivity index (χ0n) is 16.4. The summed E-state index contributed by atoms with van der Waals surface area (Å²) in [5.41, 5.74) is 5.22. The lowest BCUT2D eigenvalue weighted by atomic mass is 10.1. The standard InChI is InChI=1S/C18H29N5O3S/c1-4-5-6-7-8-9-10-11-23-14-15(20-17(23)27-12-13(19)24)21(2)18(26)22(3)16(14)25/h4-12H2,1-3H3,(H2,19,24). The molecule has 2 heterocycles. The highest BCUT2D eigenvalue weighted by atomic mass is 32.2. The maximum Gasteiger partial charge on any atom is 0.332 e. The van der Waals surface area contributed by atoms with Crippen LogP contribution in [0.2, 0.25) is 0 Å². The minimum Gasteiger partial charge on any atom is -0.369 e. The van der Waals surface area contributed by atoms with Crippen molar-refractivity contribution in [2.24, 2.45) is 19.8 Å². The number of nitrogens with zero attached hydrogens (tertiary/aromatic N) is 4. The Labute approximate surface area is 162 Å². The van der Waals surface area contributed by atoms with Gasteiger partial charge in [0.25, 0.3) is 5.56 Å². The highest BCUT2D eigenvalue weighted by Gasteiger charge is 2.19. The summed E-state index contributed by atoms with van der Waals surface area (Å²) in [4.78, 5) is 40.5. The molecule has 0 bridgehead atoms. The van der Waals surface area contributed by atoms with Crippen LogP contribution < -0.4 is 17.0 Å². The molecular weight excluding hydrogens is 366 g/mol. The molecule has 2 rings (SSSR count). The van der Waals surface area contributed by atoms with Gasteiger partial charge in [0.2, 0.25) is 5.91 Å². The Balaban J connectivity index is 2.27. The molecule has 2 aromatic heterocycles. The Morgan fingerprint density at radius 1 is 1.04 bits per heavy atom. The van der Waals surface area contributed by atoms with Crippen LogP contribution in [0.4, 0.5) is 0 Å². The van der Waals surface area contributed by atoms with E-state index in [2.05, 4.69) is 11.9 Å². The van der Waals surface area contributed by atoms with Crippen LogP contribution >= 0.6 is 11.8 Å². The highest BCUT2D eigenvalue weighted by molar-refractivity contribution is 7.99. The van der Waals surface area contributed by atoms with Gasteiger partial charge in [-0.1, -0.05) is 57.2 Å². The molecule has 0 aliphatic heterocycles. The number of imidazole rings is 1. The second kappa shape index (κ2) is 9.77. The first kappa shape index (κ1) is 21.3. The van der Waals surface area contributed by atoms with Crippen LogP contribution in [0.3, 0.4) is 0 Å². The minimum atomic E-state index is -0.448. The summed E-state index contributed by atoms with van der Waals surface area (Å²) in [6.07, 6.45) is 8.11. The molecule has 0 atom stereocenters. The van der Waals surface area contributed by atoms with Gasteiger partial charge in [-0.3, -0.25) is 18.7 Å². The number of primary amides is 1. The normalized spacial score (nSPS) is 11.4. The van der Waals surface area contributed by atoms with Crippen molar-refractivity contribution in [3.63, 3.8) is 0 Å². The SMILES string of the molecule is CCCCCCCCCn1c(SCC(N)=O)nc2c1c(=O)n(C)c(=O)n2C. The van der Waals surface area contributed by atoms with Crippen LogP contribution in [-0.4, -0.2) is 30.3 Å². The molecule has 0 aromatic carbocycles. The lowest BCUT2D eigenvalue weighted by molar-refractivity contribution is -0.115. The number of thioether (sulfide) groups is 1. The van der Waals surface area contributed by atoms with E-state index in [-0.39, 0.29) is 11.3 Å². The van der Waals surface area contributed by atoms with Gasteiger partial charge in [-0.15, -0.1) is 0 Å². The van der Waals surface area contributed by atoms with Gasteiger partial charge in [0.15, 0.2) is 16.3 Å². The summed E-state index contributed by atoms with van der Waals surface area (Å²) in [6.45, 7) is 2.82. The summed E-state index contributed by atoms with van der Waals surface area (Å²) in [7, 11) is 3.06. The zero-order chi connectivity index (χ0) is 20.0. The quantitative estimate of drug-likeness (QED) is 0.461. The monoisotopic (exact) mass is 395 g/mol. The molecule has 2 N–H and O–H groups in total. The first-order valence-electron chi connectivity index (χ1n) is 9.45. The molecule has 0 radical (unpaired) electrons. The van der Waals surface area contributed by atoms with Gasteiger partial charge in [0, 0.05) is 20.6 Å². The average Bonchev–Trinajstić information content (AvgIpc) is 3.01. The number of rotatable bonds is 11. The van der Waals surface area contributed by atoms with Gasteiger partial charge < -0.3 is 10.3 Å². The fourth-order valence-electron chi connectivity index (χ4n) is 3.11. The predicted molar refractivity (Wildman–Crippen MR) is 108 cm³/mol. The van der Waals surface area contributed by atoms with Crippen LogP contribution in [-0.2, 0) is 25.4 Å². The molecule has 8 nitrogen and oxygen atoms in total. The van der Waals surface area contributed by atoms with Gasteiger partial charge >= 0.3 is 5.69 Å². The first-order valence-corrected chi connectivity index (χ1v) is 10.4. The van der Waals surface area contributed by atoms with Gasteiger partial charge in [-0.2, -0.15) is 0 Å². The Kier molecular flexibility index (Phi) is 7.70. The second-order valence-corrected chi connectivity index (χ2v) is 7.74. The molecule has 2 aromatic rings. The lowest BCUT2D eigenvalue weighted by Gasteiger charge is -2.09. The summed E-state index contributed by atoms with van der Waals surface area (Å²) < 4.78 is 4.29. The second-order valence-electron chi connectivity index (χ2n) is 6.80. The third-order valence-electron chi connectivity index (χ3n) is 4.64. The number of unbranched alkanes of at least 4 members (excludes halogenated alkanes) is 6. The molecule has 0 aliphatic rings. The van der Waals surface area contributed by atoms with E-state index in [0.29, 0.717) is 22.9 Å². The van der Waals surface area contributed by atoms with Crippen molar-refractivity contribution in [1.29, 1.82) is 0 Å². The molecular formula is C18H29N5O3S. The lowest BCUT2D eigenvalue weighted by Crippen LogP contribution is -2.37.